The van der Waals surface area contributed by atoms with Crippen LogP contribution in [0.4, 0.5) is 10.5 Å². The Balaban J connectivity index is 1.80. The van der Waals surface area contributed by atoms with Crippen molar-refractivity contribution in [3.63, 3.8) is 0 Å². The van der Waals surface area contributed by atoms with Gasteiger partial charge in [0.05, 0.1) is 24.1 Å². The number of hydrogen-bond donors (Lipinski definition) is 0. The first kappa shape index (κ1) is 20.6. The van der Waals surface area contributed by atoms with Crippen molar-refractivity contribution in [1.82, 2.24) is 14.5 Å². The molecule has 0 aliphatic carbocycles. The normalized spacial score (nSPS) is 10.7. The van der Waals surface area contributed by atoms with Gasteiger partial charge in [-0.2, -0.15) is 0 Å². The molecule has 1 aromatic carbocycles. The van der Waals surface area contributed by atoms with Gasteiger partial charge >= 0.3 is 6.03 Å². The Bertz CT molecular complexity index is 1030. The van der Waals surface area contributed by atoms with Crippen molar-refractivity contribution in [2.24, 2.45) is 7.05 Å². The highest BCUT2D eigenvalue weighted by atomic mass is 35.5. The Morgan fingerprint density at radius 1 is 1.14 bits per heavy atom. The number of aryl methyl sites for hydroxylation is 1. The Labute approximate surface area is 175 Å². The summed E-state index contributed by atoms with van der Waals surface area (Å²) in [5.41, 5.74) is 3.62. The number of pyridine rings is 1. The molecule has 150 valence electrons. The molecule has 0 fully saturated rings. The van der Waals surface area contributed by atoms with Crippen molar-refractivity contribution < 1.29 is 9.59 Å². The molecule has 3 rings (SSSR count). The summed E-state index contributed by atoms with van der Waals surface area (Å²) in [5, 5.41) is 0.587. The smallest absolute Gasteiger partial charge is 0.324 e. The van der Waals surface area contributed by atoms with Gasteiger partial charge in [0.1, 0.15) is 0 Å². The van der Waals surface area contributed by atoms with Crippen molar-refractivity contribution in [3.8, 4) is 0 Å². The van der Waals surface area contributed by atoms with Gasteiger partial charge in [0.25, 0.3) is 0 Å². The fraction of sp³-hybridized carbons (Fsp3) is 0.227. The third-order valence-electron chi connectivity index (χ3n) is 4.89. The summed E-state index contributed by atoms with van der Waals surface area (Å²) in [7, 11) is 5.29. The molecule has 7 heteroatoms. The molecule has 2 heterocycles. The standard InChI is InChI=1S/C22H23ClN4O2/c1-15-12-19(14-25(2)22(29)27(4)18-6-5-11-24-13-18)26(3)20(15)21(28)16-7-9-17(23)10-8-16/h5-13H,14H2,1-4H3. The number of benzene rings is 1. The van der Waals surface area contributed by atoms with Gasteiger partial charge in [-0.3, -0.25) is 14.7 Å². The Morgan fingerprint density at radius 3 is 2.45 bits per heavy atom. The highest BCUT2D eigenvalue weighted by Crippen LogP contribution is 2.21. The van der Waals surface area contributed by atoms with E-state index in [9.17, 15) is 9.59 Å². The lowest BCUT2D eigenvalue weighted by Gasteiger charge is -2.25. The van der Waals surface area contributed by atoms with E-state index in [1.165, 1.54) is 0 Å². The minimum atomic E-state index is -0.164. The molecule has 0 unspecified atom stereocenters. The number of ketones is 1. The molecule has 0 spiro atoms. The zero-order valence-electron chi connectivity index (χ0n) is 16.9. The van der Waals surface area contributed by atoms with E-state index in [0.717, 1.165) is 11.3 Å². The van der Waals surface area contributed by atoms with E-state index in [1.807, 2.05) is 30.7 Å². The molecule has 0 atom stereocenters. The molecule has 0 aliphatic rings. The van der Waals surface area contributed by atoms with Crippen LogP contribution >= 0.6 is 11.6 Å². The topological polar surface area (TPSA) is 58.4 Å². The molecule has 3 aromatic rings. The highest BCUT2D eigenvalue weighted by molar-refractivity contribution is 6.30. The van der Waals surface area contributed by atoms with Crippen molar-refractivity contribution in [1.29, 1.82) is 0 Å². The van der Waals surface area contributed by atoms with Crippen LogP contribution in [0.15, 0.2) is 54.9 Å². The number of rotatable bonds is 5. The van der Waals surface area contributed by atoms with E-state index in [2.05, 4.69) is 4.98 Å². The fourth-order valence-corrected chi connectivity index (χ4v) is 3.40. The third-order valence-corrected chi connectivity index (χ3v) is 5.14. The van der Waals surface area contributed by atoms with Crippen molar-refractivity contribution in [2.45, 2.75) is 13.5 Å². The molecule has 2 aromatic heterocycles. The lowest BCUT2D eigenvalue weighted by atomic mass is 10.1. The maximum absolute atomic E-state index is 13.0. The highest BCUT2D eigenvalue weighted by Gasteiger charge is 2.21. The first-order valence-electron chi connectivity index (χ1n) is 9.14. The van der Waals surface area contributed by atoms with Gasteiger partial charge in [-0.1, -0.05) is 11.6 Å². The number of urea groups is 1. The molecular weight excluding hydrogens is 388 g/mol. The Morgan fingerprint density at radius 2 is 1.83 bits per heavy atom. The molecule has 29 heavy (non-hydrogen) atoms. The largest absolute Gasteiger partial charge is 0.343 e. The second kappa shape index (κ2) is 8.49. The van der Waals surface area contributed by atoms with E-state index >= 15 is 0 Å². The van der Waals surface area contributed by atoms with Gasteiger partial charge in [-0.15, -0.1) is 0 Å². The van der Waals surface area contributed by atoms with Crippen LogP contribution in [-0.2, 0) is 13.6 Å². The van der Waals surface area contributed by atoms with Crippen LogP contribution in [0.25, 0.3) is 0 Å². The van der Waals surface area contributed by atoms with Crippen LogP contribution in [0, 0.1) is 6.92 Å². The molecular formula is C22H23ClN4O2. The second-order valence-electron chi connectivity index (χ2n) is 6.97. The number of halogens is 1. The Hall–Kier alpha value is -3.12. The van der Waals surface area contributed by atoms with E-state index in [-0.39, 0.29) is 11.8 Å². The Kier molecular flexibility index (Phi) is 6.03. The molecule has 0 saturated carbocycles. The third kappa shape index (κ3) is 4.32. The number of anilines is 1. The molecule has 2 amide bonds. The van der Waals surface area contributed by atoms with Crippen molar-refractivity contribution in [3.05, 3.63) is 82.4 Å². The molecule has 6 nitrogen and oxygen atoms in total. The molecule has 0 radical (unpaired) electrons. The summed E-state index contributed by atoms with van der Waals surface area (Å²) in [5.74, 6) is -0.0747. The maximum atomic E-state index is 13.0. The van der Waals surface area contributed by atoms with Gasteiger partial charge in [-0.05, 0) is 55.0 Å². The van der Waals surface area contributed by atoms with Gasteiger partial charge in [0.15, 0.2) is 0 Å². The zero-order chi connectivity index (χ0) is 21.1. The first-order valence-corrected chi connectivity index (χ1v) is 9.51. The maximum Gasteiger partial charge on any atom is 0.324 e. The lowest BCUT2D eigenvalue weighted by Crippen LogP contribution is -2.38. The zero-order valence-corrected chi connectivity index (χ0v) is 17.6. The number of aromatic nitrogens is 2. The minimum absolute atomic E-state index is 0.0747. The molecule has 0 N–H and O–H groups in total. The molecule has 0 aliphatic heterocycles. The van der Waals surface area contributed by atoms with Gasteiger partial charge < -0.3 is 9.47 Å². The van der Waals surface area contributed by atoms with Crippen LogP contribution in [0.2, 0.25) is 5.02 Å². The summed E-state index contributed by atoms with van der Waals surface area (Å²) < 4.78 is 1.85. The van der Waals surface area contributed by atoms with E-state index < -0.39 is 0 Å². The van der Waals surface area contributed by atoms with Gasteiger partial charge in [-0.25, -0.2) is 4.79 Å². The van der Waals surface area contributed by atoms with Gasteiger partial charge in [0.2, 0.25) is 5.78 Å². The minimum Gasteiger partial charge on any atom is -0.343 e. The number of hydrogen-bond acceptors (Lipinski definition) is 3. The fourth-order valence-electron chi connectivity index (χ4n) is 3.27. The average Bonchev–Trinajstić information content (AvgIpc) is 3.00. The van der Waals surface area contributed by atoms with Crippen molar-refractivity contribution in [2.75, 3.05) is 19.0 Å². The van der Waals surface area contributed by atoms with E-state index in [4.69, 9.17) is 11.6 Å². The van der Waals surface area contributed by atoms with E-state index in [0.29, 0.717) is 28.5 Å². The van der Waals surface area contributed by atoms with Crippen molar-refractivity contribution >= 4 is 29.1 Å². The number of nitrogens with zero attached hydrogens (tertiary/aromatic N) is 4. The SMILES string of the molecule is Cc1cc(CN(C)C(=O)N(C)c2cccnc2)n(C)c1C(=O)c1ccc(Cl)cc1. The summed E-state index contributed by atoms with van der Waals surface area (Å²) in [6.07, 6.45) is 3.30. The van der Waals surface area contributed by atoms with E-state index in [1.54, 1.807) is 66.6 Å². The van der Waals surface area contributed by atoms with Crippen LogP contribution < -0.4 is 4.90 Å². The number of carbonyl (C=O) groups excluding carboxylic acids is 2. The predicted molar refractivity (Wildman–Crippen MR) is 115 cm³/mol. The van der Waals surface area contributed by atoms with Crippen LogP contribution in [0.1, 0.15) is 27.3 Å². The molecule has 0 bridgehead atoms. The summed E-state index contributed by atoms with van der Waals surface area (Å²) in [6, 6.07) is 12.2. The summed E-state index contributed by atoms with van der Waals surface area (Å²) >= 11 is 5.92. The van der Waals surface area contributed by atoms with Crippen LogP contribution in [0.3, 0.4) is 0 Å². The van der Waals surface area contributed by atoms with Crippen LogP contribution in [0.5, 0.6) is 0 Å². The monoisotopic (exact) mass is 410 g/mol. The summed E-state index contributed by atoms with van der Waals surface area (Å²) in [4.78, 5) is 32.9. The predicted octanol–water partition coefficient (Wildman–Crippen LogP) is 4.30. The number of carbonyl (C=O) groups is 2. The second-order valence-corrected chi connectivity index (χ2v) is 7.41. The number of amides is 2. The first-order chi connectivity index (χ1) is 13.8. The lowest BCUT2D eigenvalue weighted by molar-refractivity contribution is 0.103. The summed E-state index contributed by atoms with van der Waals surface area (Å²) in [6.45, 7) is 2.27. The van der Waals surface area contributed by atoms with Crippen LogP contribution in [-0.4, -0.2) is 40.4 Å². The quantitative estimate of drug-likeness (QED) is 0.589. The van der Waals surface area contributed by atoms with Gasteiger partial charge in [0, 0.05) is 43.6 Å². The molecule has 0 saturated heterocycles. The average molecular weight is 411 g/mol.